The molecule has 0 saturated carbocycles. The van der Waals surface area contributed by atoms with Gasteiger partial charge in [0.2, 0.25) is 0 Å². The van der Waals surface area contributed by atoms with Gasteiger partial charge in [0.25, 0.3) is 0 Å². The molecule has 0 aromatic heterocycles. The zero-order chi connectivity index (χ0) is 20.2. The molecule has 150 valence electrons. The number of aliphatic imine (C=N–C) groups is 2. The predicted molar refractivity (Wildman–Crippen MR) is 122 cm³/mol. The van der Waals surface area contributed by atoms with Crippen LogP contribution in [0.25, 0.3) is 0 Å². The minimum absolute atomic E-state index is 0.281. The number of nitrogens with zero attached hydrogens (tertiary/aromatic N) is 2. The maximum absolute atomic E-state index is 6.14. The molecule has 1 aromatic rings. The van der Waals surface area contributed by atoms with Crippen LogP contribution in [-0.4, -0.2) is 24.6 Å². The fraction of sp³-hybridized carbons (Fsp3) is 0.417. The van der Waals surface area contributed by atoms with Crippen molar-refractivity contribution < 1.29 is 0 Å². The summed E-state index contributed by atoms with van der Waals surface area (Å²) >= 11 is 0. The molecule has 2 rings (SSSR count). The van der Waals surface area contributed by atoms with Crippen molar-refractivity contribution in [3.05, 3.63) is 72.1 Å². The molecule has 0 amide bonds. The molecule has 4 heteroatoms. The summed E-state index contributed by atoms with van der Waals surface area (Å²) < 4.78 is 0. The summed E-state index contributed by atoms with van der Waals surface area (Å²) in [5.74, 6) is 1.03. The van der Waals surface area contributed by atoms with Crippen LogP contribution in [0.2, 0.25) is 0 Å². The highest BCUT2D eigenvalue weighted by Crippen LogP contribution is 2.24. The van der Waals surface area contributed by atoms with E-state index in [1.54, 1.807) is 6.20 Å². The van der Waals surface area contributed by atoms with Gasteiger partial charge in [0.15, 0.2) is 0 Å². The van der Waals surface area contributed by atoms with Crippen LogP contribution in [0.4, 0.5) is 0 Å². The second-order valence-corrected chi connectivity index (χ2v) is 7.34. The van der Waals surface area contributed by atoms with E-state index in [0.717, 1.165) is 51.0 Å². The third-order valence-electron chi connectivity index (χ3n) is 4.90. The molecular formula is C24H34N4. The molecule has 1 heterocycles. The fourth-order valence-corrected chi connectivity index (χ4v) is 3.27. The first-order valence-electron chi connectivity index (χ1n) is 10.2. The van der Waals surface area contributed by atoms with Crippen molar-refractivity contribution in [2.24, 2.45) is 15.7 Å². The van der Waals surface area contributed by atoms with E-state index in [0.29, 0.717) is 0 Å². The van der Waals surface area contributed by atoms with Crippen LogP contribution in [0.5, 0.6) is 0 Å². The molecule has 4 nitrogen and oxygen atoms in total. The molecule has 1 aliphatic heterocycles. The number of nitrogens with two attached hydrogens (primary N) is 1. The molecule has 3 N–H and O–H groups in total. The molecule has 0 spiro atoms. The number of hydrogen-bond acceptors (Lipinski definition) is 3. The van der Waals surface area contributed by atoms with Gasteiger partial charge in [-0.25, -0.2) is 0 Å². The van der Waals surface area contributed by atoms with Crippen molar-refractivity contribution in [3.8, 4) is 0 Å². The van der Waals surface area contributed by atoms with Crippen LogP contribution < -0.4 is 11.1 Å². The van der Waals surface area contributed by atoms with Gasteiger partial charge in [-0.15, -0.1) is 0 Å². The first-order chi connectivity index (χ1) is 13.6. The van der Waals surface area contributed by atoms with Gasteiger partial charge in [-0.1, -0.05) is 48.1 Å². The Balaban J connectivity index is 1.90. The van der Waals surface area contributed by atoms with Gasteiger partial charge in [0.05, 0.1) is 5.84 Å². The number of amidine groups is 1. The topological polar surface area (TPSA) is 62.8 Å². The molecule has 0 bridgehead atoms. The molecule has 1 atom stereocenters. The highest BCUT2D eigenvalue weighted by Gasteiger charge is 2.17. The van der Waals surface area contributed by atoms with Crippen molar-refractivity contribution in [2.45, 2.75) is 51.9 Å². The fourth-order valence-electron chi connectivity index (χ4n) is 3.27. The van der Waals surface area contributed by atoms with E-state index in [4.69, 9.17) is 10.7 Å². The lowest BCUT2D eigenvalue weighted by Gasteiger charge is -2.19. The first kappa shape index (κ1) is 21.7. The lowest BCUT2D eigenvalue weighted by Crippen LogP contribution is -2.16. The Morgan fingerprint density at radius 3 is 2.79 bits per heavy atom. The van der Waals surface area contributed by atoms with Crippen LogP contribution in [-0.2, 0) is 0 Å². The Bertz CT molecular complexity index is 738. The number of hydrogen-bond donors (Lipinski definition) is 2. The number of allylic oxidation sites excluding steroid dienone is 2. The average Bonchev–Trinajstić information content (AvgIpc) is 2.71. The third kappa shape index (κ3) is 7.55. The van der Waals surface area contributed by atoms with Crippen LogP contribution in [0.3, 0.4) is 0 Å². The number of rotatable bonds is 11. The molecule has 0 aliphatic carbocycles. The zero-order valence-electron chi connectivity index (χ0n) is 17.3. The predicted octanol–water partition coefficient (Wildman–Crippen LogP) is 5.03. The third-order valence-corrected chi connectivity index (χ3v) is 4.90. The highest BCUT2D eigenvalue weighted by molar-refractivity contribution is 6.00. The Kier molecular flexibility index (Phi) is 9.26. The maximum atomic E-state index is 6.14. The second-order valence-electron chi connectivity index (χ2n) is 7.34. The molecule has 0 saturated heterocycles. The number of aryl methyl sites for hydroxylation is 1. The largest absolute Gasteiger partial charge is 0.387 e. The summed E-state index contributed by atoms with van der Waals surface area (Å²) in [4.78, 5) is 9.38. The Hall–Kier alpha value is -2.62. The van der Waals surface area contributed by atoms with E-state index in [2.05, 4.69) is 67.2 Å². The zero-order valence-corrected chi connectivity index (χ0v) is 17.3. The van der Waals surface area contributed by atoms with Crippen molar-refractivity contribution in [1.29, 1.82) is 0 Å². The second kappa shape index (κ2) is 12.0. The normalized spacial score (nSPS) is 15.9. The van der Waals surface area contributed by atoms with E-state index in [9.17, 15) is 0 Å². The average molecular weight is 379 g/mol. The summed E-state index contributed by atoms with van der Waals surface area (Å²) in [6.45, 7) is 9.47. The molecular weight excluding hydrogens is 344 g/mol. The summed E-state index contributed by atoms with van der Waals surface area (Å²) in [5.41, 5.74) is 11.2. The minimum Gasteiger partial charge on any atom is -0.387 e. The van der Waals surface area contributed by atoms with Gasteiger partial charge in [-0.3, -0.25) is 9.98 Å². The van der Waals surface area contributed by atoms with Gasteiger partial charge in [0.1, 0.15) is 0 Å². The Morgan fingerprint density at radius 2 is 2.11 bits per heavy atom. The minimum atomic E-state index is 0.281. The van der Waals surface area contributed by atoms with Gasteiger partial charge in [-0.2, -0.15) is 0 Å². The van der Waals surface area contributed by atoms with E-state index in [1.165, 1.54) is 22.4 Å². The van der Waals surface area contributed by atoms with Gasteiger partial charge in [0, 0.05) is 31.1 Å². The van der Waals surface area contributed by atoms with E-state index < -0.39 is 0 Å². The van der Waals surface area contributed by atoms with Crippen LogP contribution in [0.15, 0.2) is 71.0 Å². The lowest BCUT2D eigenvalue weighted by atomic mass is 9.89. The quantitative estimate of drug-likeness (QED) is 0.419. The van der Waals surface area contributed by atoms with Gasteiger partial charge < -0.3 is 11.1 Å². The standard InChI is InChI=1S/C24H34N4/c1-4-26-18-20(3)8-7-10-24(25)28-17-15-22(23-9-5-6-16-27-23)21-13-11-19(2)12-14-21/h4-5,9,11-14,18,22,26H,1,6-8,10,15-17H2,2-3H3,(H2,25,28)/b20-18+. The van der Waals surface area contributed by atoms with Gasteiger partial charge in [-0.05, 0) is 63.6 Å². The Labute approximate surface area is 170 Å². The Morgan fingerprint density at radius 1 is 1.32 bits per heavy atom. The smallest absolute Gasteiger partial charge is 0.0937 e. The van der Waals surface area contributed by atoms with Crippen molar-refractivity contribution in [2.75, 3.05) is 13.1 Å². The molecule has 1 unspecified atom stereocenters. The number of benzene rings is 1. The van der Waals surface area contributed by atoms with Crippen molar-refractivity contribution in [1.82, 2.24) is 5.32 Å². The van der Waals surface area contributed by atoms with Crippen LogP contribution in [0, 0.1) is 6.92 Å². The molecule has 0 radical (unpaired) electrons. The monoisotopic (exact) mass is 378 g/mol. The highest BCUT2D eigenvalue weighted by atomic mass is 14.8. The molecule has 1 aliphatic rings. The van der Waals surface area contributed by atoms with Crippen LogP contribution in [0.1, 0.15) is 56.1 Å². The lowest BCUT2D eigenvalue weighted by molar-refractivity contribution is 0.764. The maximum Gasteiger partial charge on any atom is 0.0937 e. The molecule has 1 aromatic carbocycles. The van der Waals surface area contributed by atoms with E-state index in [1.807, 2.05) is 6.20 Å². The molecule has 28 heavy (non-hydrogen) atoms. The first-order valence-corrected chi connectivity index (χ1v) is 10.2. The van der Waals surface area contributed by atoms with Gasteiger partial charge >= 0.3 is 0 Å². The van der Waals surface area contributed by atoms with Crippen molar-refractivity contribution >= 4 is 11.5 Å². The number of nitrogens with one attached hydrogen (secondary N) is 1. The summed E-state index contributed by atoms with van der Waals surface area (Å²) in [7, 11) is 0. The summed E-state index contributed by atoms with van der Waals surface area (Å²) in [6.07, 6.45) is 12.8. The summed E-state index contributed by atoms with van der Waals surface area (Å²) in [6, 6.07) is 8.77. The van der Waals surface area contributed by atoms with Crippen LogP contribution >= 0.6 is 0 Å². The van der Waals surface area contributed by atoms with E-state index in [-0.39, 0.29) is 5.92 Å². The molecule has 0 fully saturated rings. The van der Waals surface area contributed by atoms with E-state index >= 15 is 0 Å². The summed E-state index contributed by atoms with van der Waals surface area (Å²) in [5, 5.41) is 3.01. The number of dihydropyridines is 1. The SMILES string of the molecule is C=CN/C=C(\C)CCCC(N)=NCCC(C1=NCCC=C1)c1ccc(C)cc1. The van der Waals surface area contributed by atoms with Crippen molar-refractivity contribution in [3.63, 3.8) is 0 Å².